The molecular formula is C17H24N2O2. The predicted octanol–water partition coefficient (Wildman–Crippen LogP) is 3.56. The third kappa shape index (κ3) is 4.00. The van der Waals surface area contributed by atoms with Crippen LogP contribution >= 0.6 is 0 Å². The van der Waals surface area contributed by atoms with E-state index >= 15 is 0 Å². The Morgan fingerprint density at radius 1 is 1.38 bits per heavy atom. The van der Waals surface area contributed by atoms with Crippen LogP contribution in [0.3, 0.4) is 0 Å². The molecule has 114 valence electrons. The molecule has 1 aliphatic heterocycles. The molecule has 0 saturated heterocycles. The summed E-state index contributed by atoms with van der Waals surface area (Å²) in [7, 11) is 1.87. The van der Waals surface area contributed by atoms with E-state index in [1.165, 1.54) is 5.56 Å². The number of amides is 1. The number of anilines is 1. The summed E-state index contributed by atoms with van der Waals surface area (Å²) in [5, 5.41) is 2.98. The number of hydrogen-bond donors (Lipinski definition) is 1. The Hall–Kier alpha value is -1.97. The molecule has 1 aromatic rings. The van der Waals surface area contributed by atoms with Crippen LogP contribution in [0.15, 0.2) is 24.4 Å². The van der Waals surface area contributed by atoms with Gasteiger partial charge in [-0.1, -0.05) is 6.07 Å². The minimum Gasteiger partial charge on any atom is -0.443 e. The van der Waals surface area contributed by atoms with Crippen molar-refractivity contribution in [2.24, 2.45) is 0 Å². The first-order valence-corrected chi connectivity index (χ1v) is 7.38. The zero-order valence-electron chi connectivity index (χ0n) is 13.3. The molecule has 0 aromatic heterocycles. The van der Waals surface area contributed by atoms with Gasteiger partial charge in [-0.25, -0.2) is 4.79 Å². The molecule has 1 amide bonds. The molecule has 1 N–H and O–H groups in total. The van der Waals surface area contributed by atoms with Gasteiger partial charge in [0.15, 0.2) is 0 Å². The number of rotatable bonds is 2. The minimum atomic E-state index is -0.468. The van der Waals surface area contributed by atoms with Crippen LogP contribution in [0, 0.1) is 0 Å². The monoisotopic (exact) mass is 288 g/mol. The Bertz CT molecular complexity index is 544. The van der Waals surface area contributed by atoms with Crippen LogP contribution in [-0.2, 0) is 11.2 Å². The van der Waals surface area contributed by atoms with E-state index in [-0.39, 0.29) is 6.09 Å². The van der Waals surface area contributed by atoms with Crippen LogP contribution < -0.4 is 10.2 Å². The zero-order chi connectivity index (χ0) is 15.5. The second kappa shape index (κ2) is 6.20. The van der Waals surface area contributed by atoms with Gasteiger partial charge in [0.25, 0.3) is 0 Å². The summed E-state index contributed by atoms with van der Waals surface area (Å²) in [5.41, 5.74) is 2.83. The zero-order valence-corrected chi connectivity index (χ0v) is 13.3. The van der Waals surface area contributed by atoms with E-state index in [4.69, 9.17) is 4.74 Å². The highest BCUT2D eigenvalue weighted by Gasteiger charge is 2.27. The van der Waals surface area contributed by atoms with Crippen LogP contribution in [0.1, 0.15) is 38.3 Å². The fraction of sp³-hybridized carbons (Fsp3) is 0.471. The molecule has 0 radical (unpaired) electrons. The summed E-state index contributed by atoms with van der Waals surface area (Å²) in [4.78, 5) is 14.1. The van der Waals surface area contributed by atoms with E-state index in [2.05, 4.69) is 11.4 Å². The SMILES string of the molecule is CN/C=C/c1ccc2c(c1)CCCN2C(=O)OC(C)(C)C. The molecule has 1 aliphatic rings. The van der Waals surface area contributed by atoms with Gasteiger partial charge < -0.3 is 10.1 Å². The Labute approximate surface area is 126 Å². The molecule has 1 heterocycles. The van der Waals surface area contributed by atoms with Crippen molar-refractivity contribution in [1.82, 2.24) is 5.32 Å². The minimum absolute atomic E-state index is 0.262. The standard InChI is InChI=1S/C17H24N2O2/c1-17(2,3)21-16(20)19-11-5-6-14-12-13(9-10-18-4)7-8-15(14)19/h7-10,12,18H,5-6,11H2,1-4H3/b10-9+. The van der Waals surface area contributed by atoms with E-state index in [1.807, 2.05) is 52.2 Å². The lowest BCUT2D eigenvalue weighted by atomic mass is 9.99. The molecule has 0 atom stereocenters. The highest BCUT2D eigenvalue weighted by Crippen LogP contribution is 2.29. The van der Waals surface area contributed by atoms with Gasteiger partial charge in [0.05, 0.1) is 5.69 Å². The number of fused-ring (bicyclic) bond motifs is 1. The molecule has 0 spiro atoms. The quantitative estimate of drug-likeness (QED) is 0.904. The van der Waals surface area contributed by atoms with E-state index in [1.54, 1.807) is 4.90 Å². The molecule has 0 unspecified atom stereocenters. The van der Waals surface area contributed by atoms with Gasteiger partial charge in [-0.2, -0.15) is 0 Å². The van der Waals surface area contributed by atoms with E-state index in [9.17, 15) is 4.79 Å². The first kappa shape index (κ1) is 15.4. The third-order valence-electron chi connectivity index (χ3n) is 3.28. The van der Waals surface area contributed by atoms with Crippen molar-refractivity contribution in [2.45, 2.75) is 39.2 Å². The van der Waals surface area contributed by atoms with Gasteiger partial charge in [0.2, 0.25) is 0 Å². The molecule has 2 rings (SSSR count). The number of nitrogens with one attached hydrogen (secondary N) is 1. The third-order valence-corrected chi connectivity index (χ3v) is 3.28. The van der Waals surface area contributed by atoms with Crippen molar-refractivity contribution in [3.05, 3.63) is 35.5 Å². The number of aryl methyl sites for hydroxylation is 1. The average Bonchev–Trinajstić information content (AvgIpc) is 2.42. The van der Waals surface area contributed by atoms with Crippen LogP contribution in [-0.4, -0.2) is 25.3 Å². The lowest BCUT2D eigenvalue weighted by molar-refractivity contribution is 0.0578. The highest BCUT2D eigenvalue weighted by atomic mass is 16.6. The van der Waals surface area contributed by atoms with Gasteiger partial charge in [-0.3, -0.25) is 4.90 Å². The first-order valence-electron chi connectivity index (χ1n) is 7.38. The summed E-state index contributed by atoms with van der Waals surface area (Å²) in [6.45, 7) is 6.39. The normalized spacial score (nSPS) is 15.0. The van der Waals surface area contributed by atoms with Gasteiger partial charge in [-0.05, 0) is 69.1 Å². The molecule has 0 saturated carbocycles. The Morgan fingerprint density at radius 3 is 2.81 bits per heavy atom. The predicted molar refractivity (Wildman–Crippen MR) is 86.4 cm³/mol. The van der Waals surface area contributed by atoms with Crippen molar-refractivity contribution in [1.29, 1.82) is 0 Å². The Kier molecular flexibility index (Phi) is 4.56. The number of carbonyl (C=O) groups is 1. The molecule has 21 heavy (non-hydrogen) atoms. The maximum Gasteiger partial charge on any atom is 0.414 e. The number of nitrogens with zero attached hydrogens (tertiary/aromatic N) is 1. The van der Waals surface area contributed by atoms with Crippen LogP contribution in [0.5, 0.6) is 0 Å². The molecular weight excluding hydrogens is 264 g/mol. The fourth-order valence-corrected chi connectivity index (χ4v) is 2.41. The largest absolute Gasteiger partial charge is 0.443 e. The number of ether oxygens (including phenoxy) is 1. The lowest BCUT2D eigenvalue weighted by Gasteiger charge is -2.31. The average molecular weight is 288 g/mol. The second-order valence-electron chi connectivity index (χ2n) is 6.25. The van der Waals surface area contributed by atoms with Gasteiger partial charge in [0.1, 0.15) is 5.60 Å². The summed E-state index contributed by atoms with van der Waals surface area (Å²) in [6.07, 6.45) is 5.62. The van der Waals surface area contributed by atoms with Crippen LogP contribution in [0.25, 0.3) is 6.08 Å². The Balaban J connectivity index is 2.23. The molecule has 4 heteroatoms. The number of benzene rings is 1. The maximum atomic E-state index is 12.3. The summed E-state index contributed by atoms with van der Waals surface area (Å²) < 4.78 is 5.49. The van der Waals surface area contributed by atoms with Crippen molar-refractivity contribution in [3.8, 4) is 0 Å². The topological polar surface area (TPSA) is 41.6 Å². The van der Waals surface area contributed by atoms with E-state index in [0.29, 0.717) is 6.54 Å². The van der Waals surface area contributed by atoms with Gasteiger partial charge in [-0.15, -0.1) is 0 Å². The molecule has 0 bridgehead atoms. The van der Waals surface area contributed by atoms with Gasteiger partial charge >= 0.3 is 6.09 Å². The maximum absolute atomic E-state index is 12.3. The molecule has 0 aliphatic carbocycles. The summed E-state index contributed by atoms with van der Waals surface area (Å²) >= 11 is 0. The van der Waals surface area contributed by atoms with E-state index < -0.39 is 5.60 Å². The smallest absolute Gasteiger partial charge is 0.414 e. The summed E-state index contributed by atoms with van der Waals surface area (Å²) in [5.74, 6) is 0. The highest BCUT2D eigenvalue weighted by molar-refractivity contribution is 5.89. The van der Waals surface area contributed by atoms with Crippen molar-refractivity contribution in [3.63, 3.8) is 0 Å². The van der Waals surface area contributed by atoms with Crippen LogP contribution in [0.4, 0.5) is 10.5 Å². The first-order chi connectivity index (χ1) is 9.90. The number of carbonyl (C=O) groups excluding carboxylic acids is 1. The molecule has 4 nitrogen and oxygen atoms in total. The van der Waals surface area contributed by atoms with Crippen LogP contribution in [0.2, 0.25) is 0 Å². The van der Waals surface area contributed by atoms with E-state index in [0.717, 1.165) is 24.1 Å². The summed E-state index contributed by atoms with van der Waals surface area (Å²) in [6, 6.07) is 6.17. The molecule has 1 aromatic carbocycles. The van der Waals surface area contributed by atoms with Crippen molar-refractivity contribution >= 4 is 17.9 Å². The van der Waals surface area contributed by atoms with Crippen molar-refractivity contribution < 1.29 is 9.53 Å². The second-order valence-corrected chi connectivity index (χ2v) is 6.25. The van der Waals surface area contributed by atoms with Gasteiger partial charge in [0, 0.05) is 13.6 Å². The van der Waals surface area contributed by atoms with Crippen molar-refractivity contribution in [2.75, 3.05) is 18.5 Å². The molecule has 0 fully saturated rings. The lowest BCUT2D eigenvalue weighted by Crippen LogP contribution is -2.39. The number of hydrogen-bond acceptors (Lipinski definition) is 3. The Morgan fingerprint density at radius 2 is 2.14 bits per heavy atom. The fourth-order valence-electron chi connectivity index (χ4n) is 2.41.